The lowest BCUT2D eigenvalue weighted by molar-refractivity contribution is -0.384. The van der Waals surface area contributed by atoms with Crippen molar-refractivity contribution >= 4 is 23.2 Å². The van der Waals surface area contributed by atoms with Crippen LogP contribution in [0.25, 0.3) is 11.5 Å². The Morgan fingerprint density at radius 2 is 2.00 bits per heavy atom. The Hall–Kier alpha value is -3.19. The maximum absolute atomic E-state index is 13.1. The number of oxazole rings is 1. The number of benzene rings is 2. The summed E-state index contributed by atoms with van der Waals surface area (Å²) in [5, 5.41) is 11.4. The van der Waals surface area contributed by atoms with Gasteiger partial charge < -0.3 is 9.32 Å². The lowest BCUT2D eigenvalue weighted by Gasteiger charge is -2.17. The fourth-order valence-corrected chi connectivity index (χ4v) is 3.29. The SMILES string of the molecule is CN(Cc1cc([N+](=O)[O-])ccc1Cl)C(=O)c1nc(-c2ccccc2)oc1C1CC1. The number of hydrogen-bond donors (Lipinski definition) is 0. The van der Waals surface area contributed by atoms with Crippen molar-refractivity contribution in [2.75, 3.05) is 7.05 Å². The minimum absolute atomic E-state index is 0.0725. The molecule has 2 aromatic carbocycles. The Morgan fingerprint density at radius 1 is 1.28 bits per heavy atom. The van der Waals surface area contributed by atoms with Gasteiger partial charge in [-0.1, -0.05) is 29.8 Å². The van der Waals surface area contributed by atoms with Crippen molar-refractivity contribution in [1.82, 2.24) is 9.88 Å². The van der Waals surface area contributed by atoms with Gasteiger partial charge in [0, 0.05) is 42.2 Å². The molecule has 1 fully saturated rings. The zero-order chi connectivity index (χ0) is 20.5. The molecule has 0 aliphatic heterocycles. The number of aromatic nitrogens is 1. The minimum atomic E-state index is -0.489. The molecule has 0 N–H and O–H groups in total. The number of nitro groups is 1. The van der Waals surface area contributed by atoms with Crippen LogP contribution in [0.4, 0.5) is 5.69 Å². The normalized spacial score (nSPS) is 13.3. The molecule has 1 saturated carbocycles. The topological polar surface area (TPSA) is 89.5 Å². The number of nitro benzene ring substituents is 1. The quantitative estimate of drug-likeness (QED) is 0.418. The third-order valence-electron chi connectivity index (χ3n) is 4.82. The summed E-state index contributed by atoms with van der Waals surface area (Å²) < 4.78 is 5.95. The zero-order valence-electron chi connectivity index (χ0n) is 15.7. The molecule has 0 radical (unpaired) electrons. The summed E-state index contributed by atoms with van der Waals surface area (Å²) >= 11 is 6.18. The Labute approximate surface area is 172 Å². The van der Waals surface area contributed by atoms with Crippen LogP contribution in [0, 0.1) is 10.1 Å². The van der Waals surface area contributed by atoms with E-state index in [1.54, 1.807) is 7.05 Å². The number of hydrogen-bond acceptors (Lipinski definition) is 5. The maximum Gasteiger partial charge on any atom is 0.276 e. The first-order valence-corrected chi connectivity index (χ1v) is 9.56. The van der Waals surface area contributed by atoms with Crippen LogP contribution in [0.1, 0.15) is 40.6 Å². The van der Waals surface area contributed by atoms with Gasteiger partial charge in [0.25, 0.3) is 11.6 Å². The van der Waals surface area contributed by atoms with Crippen molar-refractivity contribution < 1.29 is 14.1 Å². The first-order valence-electron chi connectivity index (χ1n) is 9.18. The van der Waals surface area contributed by atoms with Crippen LogP contribution in [0.2, 0.25) is 5.02 Å². The van der Waals surface area contributed by atoms with E-state index in [0.717, 1.165) is 18.4 Å². The molecule has 0 bridgehead atoms. The van der Waals surface area contributed by atoms with E-state index >= 15 is 0 Å². The predicted octanol–water partition coefficient (Wildman–Crippen LogP) is 5.05. The number of carbonyl (C=O) groups is 1. The molecule has 148 valence electrons. The molecule has 0 atom stereocenters. The van der Waals surface area contributed by atoms with Crippen LogP contribution in [-0.2, 0) is 6.54 Å². The summed E-state index contributed by atoms with van der Waals surface area (Å²) in [6.07, 6.45) is 1.92. The molecule has 0 saturated heterocycles. The standard InChI is InChI=1S/C21H18ClN3O4/c1-24(12-15-11-16(25(27)28)9-10-17(15)22)21(26)18-19(13-7-8-13)29-20(23-18)14-5-3-2-4-6-14/h2-6,9-11,13H,7-8,12H2,1H3. The third kappa shape index (κ3) is 4.00. The average Bonchev–Trinajstić information content (AvgIpc) is 3.47. The van der Waals surface area contributed by atoms with Gasteiger partial charge in [-0.3, -0.25) is 14.9 Å². The van der Waals surface area contributed by atoms with Crippen molar-refractivity contribution in [2.45, 2.75) is 25.3 Å². The number of carbonyl (C=O) groups excluding carboxylic acids is 1. The summed E-state index contributed by atoms with van der Waals surface area (Å²) in [6.45, 7) is 0.122. The van der Waals surface area contributed by atoms with Crippen LogP contribution >= 0.6 is 11.6 Å². The minimum Gasteiger partial charge on any atom is -0.440 e. The molecule has 7 nitrogen and oxygen atoms in total. The monoisotopic (exact) mass is 411 g/mol. The van der Waals surface area contributed by atoms with Crippen molar-refractivity contribution in [1.29, 1.82) is 0 Å². The molecule has 0 unspecified atom stereocenters. The van der Waals surface area contributed by atoms with E-state index in [1.807, 2.05) is 30.3 Å². The third-order valence-corrected chi connectivity index (χ3v) is 5.19. The summed E-state index contributed by atoms with van der Waals surface area (Å²) in [7, 11) is 1.62. The van der Waals surface area contributed by atoms with E-state index in [1.165, 1.54) is 23.1 Å². The second kappa shape index (κ2) is 7.67. The summed E-state index contributed by atoms with van der Waals surface area (Å²) in [4.78, 5) is 29.6. The maximum atomic E-state index is 13.1. The summed E-state index contributed by atoms with van der Waals surface area (Å²) in [5.41, 5.74) is 1.52. The highest BCUT2D eigenvalue weighted by molar-refractivity contribution is 6.31. The molecule has 29 heavy (non-hydrogen) atoms. The van der Waals surface area contributed by atoms with Crippen LogP contribution in [0.3, 0.4) is 0 Å². The second-order valence-electron chi connectivity index (χ2n) is 7.07. The summed E-state index contributed by atoms with van der Waals surface area (Å²) in [6, 6.07) is 13.6. The molecule has 1 heterocycles. The van der Waals surface area contributed by atoms with Crippen molar-refractivity contribution in [3.63, 3.8) is 0 Å². The van der Waals surface area contributed by atoms with E-state index in [0.29, 0.717) is 22.2 Å². The van der Waals surface area contributed by atoms with Gasteiger partial charge in [0.05, 0.1) is 4.92 Å². The first kappa shape index (κ1) is 19.1. The van der Waals surface area contributed by atoms with Gasteiger partial charge in [-0.2, -0.15) is 0 Å². The Morgan fingerprint density at radius 3 is 2.66 bits per heavy atom. The molecular weight excluding hydrogens is 394 g/mol. The number of non-ortho nitro benzene ring substituents is 1. The van der Waals surface area contributed by atoms with E-state index in [-0.39, 0.29) is 29.8 Å². The van der Waals surface area contributed by atoms with Crippen LogP contribution in [0.5, 0.6) is 0 Å². The van der Waals surface area contributed by atoms with Crippen molar-refractivity contribution in [3.05, 3.63) is 80.7 Å². The highest BCUT2D eigenvalue weighted by Gasteiger charge is 2.35. The van der Waals surface area contributed by atoms with Crippen molar-refractivity contribution in [2.24, 2.45) is 0 Å². The average molecular weight is 412 g/mol. The van der Waals surface area contributed by atoms with Gasteiger partial charge in [0.1, 0.15) is 5.76 Å². The second-order valence-corrected chi connectivity index (χ2v) is 7.47. The number of halogens is 1. The number of rotatable bonds is 6. The van der Waals surface area contributed by atoms with Gasteiger partial charge in [-0.05, 0) is 36.6 Å². The molecule has 0 spiro atoms. The molecule has 4 rings (SSSR count). The lowest BCUT2D eigenvalue weighted by Crippen LogP contribution is -2.27. The van der Waals surface area contributed by atoms with E-state index < -0.39 is 4.92 Å². The summed E-state index contributed by atoms with van der Waals surface area (Å²) in [5.74, 6) is 0.914. The Bertz CT molecular complexity index is 1080. The largest absolute Gasteiger partial charge is 0.440 e. The Balaban J connectivity index is 1.62. The van der Waals surface area contributed by atoms with Crippen LogP contribution in [0.15, 0.2) is 52.9 Å². The smallest absolute Gasteiger partial charge is 0.276 e. The highest BCUT2D eigenvalue weighted by Crippen LogP contribution is 2.43. The molecule has 1 aromatic heterocycles. The fourth-order valence-electron chi connectivity index (χ4n) is 3.12. The van der Waals surface area contributed by atoms with Gasteiger partial charge in [0.2, 0.25) is 5.89 Å². The van der Waals surface area contributed by atoms with E-state index in [2.05, 4.69) is 4.98 Å². The Kier molecular flexibility index (Phi) is 5.07. The van der Waals surface area contributed by atoms with Crippen molar-refractivity contribution in [3.8, 4) is 11.5 Å². The van der Waals surface area contributed by atoms with Gasteiger partial charge in [0.15, 0.2) is 5.69 Å². The fraction of sp³-hybridized carbons (Fsp3) is 0.238. The van der Waals surface area contributed by atoms with Gasteiger partial charge in [-0.25, -0.2) is 4.98 Å². The molecule has 8 heteroatoms. The molecule has 1 aliphatic carbocycles. The van der Waals surface area contributed by atoms with E-state index in [9.17, 15) is 14.9 Å². The predicted molar refractivity (Wildman–Crippen MR) is 108 cm³/mol. The highest BCUT2D eigenvalue weighted by atomic mass is 35.5. The number of amides is 1. The first-order chi connectivity index (χ1) is 13.9. The zero-order valence-corrected chi connectivity index (χ0v) is 16.4. The van der Waals surface area contributed by atoms with Gasteiger partial charge >= 0.3 is 0 Å². The molecule has 3 aromatic rings. The van der Waals surface area contributed by atoms with Crippen LogP contribution < -0.4 is 0 Å². The molecule has 1 amide bonds. The molecular formula is C21H18ClN3O4. The van der Waals surface area contributed by atoms with Gasteiger partial charge in [-0.15, -0.1) is 0 Å². The molecule has 1 aliphatic rings. The number of nitrogens with zero attached hydrogens (tertiary/aromatic N) is 3. The van der Waals surface area contributed by atoms with Crippen LogP contribution in [-0.4, -0.2) is 27.8 Å². The van der Waals surface area contributed by atoms with E-state index in [4.69, 9.17) is 16.0 Å². The lowest BCUT2D eigenvalue weighted by atomic mass is 10.1.